The number of hydrogen-bond acceptors (Lipinski definition) is 7. The van der Waals surface area contributed by atoms with Crippen LogP contribution in [0.3, 0.4) is 0 Å². The maximum atomic E-state index is 11.8. The van der Waals surface area contributed by atoms with Crippen LogP contribution < -0.4 is 21.7 Å². The van der Waals surface area contributed by atoms with Gasteiger partial charge in [0.05, 0.1) is 11.7 Å². The van der Waals surface area contributed by atoms with Crippen molar-refractivity contribution in [1.29, 1.82) is 0 Å². The molecule has 2 unspecified atom stereocenters. The standard InChI is InChI=1S/C20H27N7O3/c1-2-6-12-7-5-10-16(22-12)24-15-11-17(26-27-18(15)19(21)28)23-13-8-3-4-9-14(13)25-20(29)30/h5,7,10-11,13-14,25H,2-4,6,8-9H2,1H3,(H2,21,28)(H,29,30)(H2,22,23,24,26). The minimum Gasteiger partial charge on any atom is -0.465 e. The fourth-order valence-corrected chi connectivity index (χ4v) is 3.65. The highest BCUT2D eigenvalue weighted by Crippen LogP contribution is 2.25. The average molecular weight is 413 g/mol. The predicted molar refractivity (Wildman–Crippen MR) is 113 cm³/mol. The van der Waals surface area contributed by atoms with Crippen LogP contribution in [0.25, 0.3) is 0 Å². The van der Waals surface area contributed by atoms with Gasteiger partial charge in [-0.1, -0.05) is 32.3 Å². The molecule has 160 valence electrons. The third kappa shape index (κ3) is 5.56. The molecule has 6 N–H and O–H groups in total. The summed E-state index contributed by atoms with van der Waals surface area (Å²) >= 11 is 0. The summed E-state index contributed by atoms with van der Waals surface area (Å²) in [5, 5.41) is 26.0. The van der Waals surface area contributed by atoms with Gasteiger partial charge in [-0.3, -0.25) is 4.79 Å². The highest BCUT2D eigenvalue weighted by atomic mass is 16.4. The van der Waals surface area contributed by atoms with Gasteiger partial charge in [0, 0.05) is 17.8 Å². The van der Waals surface area contributed by atoms with E-state index in [0.29, 0.717) is 17.3 Å². The first kappa shape index (κ1) is 21.3. The minimum absolute atomic E-state index is 0.00657. The molecule has 0 radical (unpaired) electrons. The van der Waals surface area contributed by atoms with Crippen molar-refractivity contribution in [3.05, 3.63) is 35.7 Å². The normalized spacial score (nSPS) is 18.4. The summed E-state index contributed by atoms with van der Waals surface area (Å²) in [7, 11) is 0. The van der Waals surface area contributed by atoms with E-state index in [4.69, 9.17) is 10.8 Å². The number of rotatable bonds is 8. The van der Waals surface area contributed by atoms with E-state index in [-0.39, 0.29) is 17.8 Å². The van der Waals surface area contributed by atoms with Crippen LogP contribution in [-0.2, 0) is 6.42 Å². The van der Waals surface area contributed by atoms with Gasteiger partial charge < -0.3 is 26.8 Å². The number of nitrogens with zero attached hydrogens (tertiary/aromatic N) is 3. The minimum atomic E-state index is -1.05. The number of amides is 2. The lowest BCUT2D eigenvalue weighted by molar-refractivity contribution is 0.0995. The number of carbonyl (C=O) groups excluding carboxylic acids is 1. The van der Waals surface area contributed by atoms with Crippen LogP contribution in [0, 0.1) is 0 Å². The Kier molecular flexibility index (Phi) is 6.99. The number of carbonyl (C=O) groups is 2. The Morgan fingerprint density at radius 3 is 2.63 bits per heavy atom. The lowest BCUT2D eigenvalue weighted by atomic mass is 9.90. The van der Waals surface area contributed by atoms with Gasteiger partial charge in [-0.25, -0.2) is 9.78 Å². The Bertz CT molecular complexity index is 906. The van der Waals surface area contributed by atoms with E-state index in [9.17, 15) is 9.59 Å². The molecule has 0 bridgehead atoms. The Morgan fingerprint density at radius 2 is 1.93 bits per heavy atom. The highest BCUT2D eigenvalue weighted by molar-refractivity contribution is 5.97. The molecule has 2 aromatic rings. The summed E-state index contributed by atoms with van der Waals surface area (Å²) < 4.78 is 0. The van der Waals surface area contributed by atoms with Crippen LogP contribution in [0.15, 0.2) is 24.3 Å². The van der Waals surface area contributed by atoms with E-state index in [0.717, 1.165) is 44.2 Å². The van der Waals surface area contributed by atoms with Crippen LogP contribution >= 0.6 is 0 Å². The Morgan fingerprint density at radius 1 is 1.17 bits per heavy atom. The number of primary amides is 1. The molecule has 1 fully saturated rings. The zero-order valence-electron chi connectivity index (χ0n) is 16.9. The van der Waals surface area contributed by atoms with E-state index in [2.05, 4.69) is 38.1 Å². The summed E-state index contributed by atoms with van der Waals surface area (Å²) in [6.45, 7) is 2.08. The van der Waals surface area contributed by atoms with Gasteiger partial charge in [-0.15, -0.1) is 10.2 Å². The molecule has 2 heterocycles. The number of aromatic nitrogens is 3. The first-order chi connectivity index (χ1) is 14.5. The van der Waals surface area contributed by atoms with E-state index >= 15 is 0 Å². The Labute approximate surface area is 174 Å². The monoisotopic (exact) mass is 413 g/mol. The van der Waals surface area contributed by atoms with Gasteiger partial charge in [0.25, 0.3) is 5.91 Å². The van der Waals surface area contributed by atoms with Crippen molar-refractivity contribution in [1.82, 2.24) is 20.5 Å². The smallest absolute Gasteiger partial charge is 0.404 e. The van der Waals surface area contributed by atoms with E-state index in [1.807, 2.05) is 12.1 Å². The van der Waals surface area contributed by atoms with E-state index < -0.39 is 12.0 Å². The van der Waals surface area contributed by atoms with Gasteiger partial charge in [-0.05, 0) is 31.4 Å². The van der Waals surface area contributed by atoms with Crippen LogP contribution in [0.1, 0.15) is 55.2 Å². The summed E-state index contributed by atoms with van der Waals surface area (Å²) in [6.07, 6.45) is 4.26. The maximum absolute atomic E-state index is 11.8. The first-order valence-electron chi connectivity index (χ1n) is 10.1. The van der Waals surface area contributed by atoms with Crippen molar-refractivity contribution in [3.63, 3.8) is 0 Å². The molecule has 1 saturated carbocycles. The second kappa shape index (κ2) is 9.86. The number of pyridine rings is 1. The van der Waals surface area contributed by atoms with Crippen LogP contribution in [0.4, 0.5) is 22.1 Å². The number of nitrogens with one attached hydrogen (secondary N) is 3. The zero-order chi connectivity index (χ0) is 21.5. The summed E-state index contributed by atoms with van der Waals surface area (Å²) in [6, 6.07) is 6.93. The Hall–Kier alpha value is -3.43. The third-order valence-corrected chi connectivity index (χ3v) is 5.01. The molecule has 2 aromatic heterocycles. The molecule has 0 aliphatic heterocycles. The van der Waals surface area contributed by atoms with Crippen molar-refractivity contribution in [2.45, 2.75) is 57.5 Å². The SMILES string of the molecule is CCCc1cccc(Nc2cc(NC3CCCCC3NC(=O)O)nnc2C(N)=O)n1. The second-order valence-electron chi connectivity index (χ2n) is 7.34. The molecule has 10 nitrogen and oxygen atoms in total. The number of carboxylic acid groups (broad SMARTS) is 1. The number of anilines is 3. The predicted octanol–water partition coefficient (Wildman–Crippen LogP) is 2.66. The van der Waals surface area contributed by atoms with Gasteiger partial charge in [0.1, 0.15) is 5.82 Å². The first-order valence-corrected chi connectivity index (χ1v) is 10.1. The molecular weight excluding hydrogens is 386 g/mol. The largest absolute Gasteiger partial charge is 0.465 e. The summed E-state index contributed by atoms with van der Waals surface area (Å²) in [5.41, 5.74) is 6.79. The fraction of sp³-hybridized carbons (Fsp3) is 0.450. The average Bonchev–Trinajstić information content (AvgIpc) is 2.70. The van der Waals surface area contributed by atoms with Gasteiger partial charge in [-0.2, -0.15) is 0 Å². The molecule has 10 heteroatoms. The molecule has 2 atom stereocenters. The molecule has 1 aliphatic rings. The number of nitrogens with two attached hydrogens (primary N) is 1. The molecule has 2 amide bonds. The van der Waals surface area contributed by atoms with Gasteiger partial charge in [0.2, 0.25) is 0 Å². The van der Waals surface area contributed by atoms with Crippen LogP contribution in [0.2, 0.25) is 0 Å². The van der Waals surface area contributed by atoms with Gasteiger partial charge >= 0.3 is 6.09 Å². The number of aryl methyl sites for hydroxylation is 1. The topological polar surface area (TPSA) is 155 Å². The molecule has 0 spiro atoms. The molecule has 30 heavy (non-hydrogen) atoms. The second-order valence-corrected chi connectivity index (χ2v) is 7.34. The van der Waals surface area contributed by atoms with Crippen molar-refractivity contribution in [2.24, 2.45) is 5.73 Å². The van der Waals surface area contributed by atoms with Crippen molar-refractivity contribution < 1.29 is 14.7 Å². The van der Waals surface area contributed by atoms with Crippen LogP contribution in [-0.4, -0.2) is 44.4 Å². The maximum Gasteiger partial charge on any atom is 0.404 e. The Balaban J connectivity index is 1.82. The van der Waals surface area contributed by atoms with Crippen molar-refractivity contribution >= 4 is 29.3 Å². The van der Waals surface area contributed by atoms with E-state index in [1.54, 1.807) is 12.1 Å². The molecular formula is C20H27N7O3. The fourth-order valence-electron chi connectivity index (χ4n) is 3.65. The molecule has 0 saturated heterocycles. The quantitative estimate of drug-likeness (QED) is 0.442. The summed E-state index contributed by atoms with van der Waals surface area (Å²) in [4.78, 5) is 27.4. The molecule has 1 aliphatic carbocycles. The van der Waals surface area contributed by atoms with Crippen molar-refractivity contribution in [3.8, 4) is 0 Å². The summed E-state index contributed by atoms with van der Waals surface area (Å²) in [5.74, 6) is 0.297. The highest BCUT2D eigenvalue weighted by Gasteiger charge is 2.27. The third-order valence-electron chi connectivity index (χ3n) is 5.01. The molecule has 0 aromatic carbocycles. The lowest BCUT2D eigenvalue weighted by Crippen LogP contribution is -2.48. The van der Waals surface area contributed by atoms with E-state index in [1.165, 1.54) is 0 Å². The lowest BCUT2D eigenvalue weighted by Gasteiger charge is -2.32. The zero-order valence-corrected chi connectivity index (χ0v) is 16.9. The van der Waals surface area contributed by atoms with Gasteiger partial charge in [0.15, 0.2) is 11.5 Å². The van der Waals surface area contributed by atoms with Crippen molar-refractivity contribution in [2.75, 3.05) is 10.6 Å². The molecule has 3 rings (SSSR count). The van der Waals surface area contributed by atoms with Crippen LogP contribution in [0.5, 0.6) is 0 Å². The number of hydrogen-bond donors (Lipinski definition) is 5.